The number of sulfonamides is 1. The summed E-state index contributed by atoms with van der Waals surface area (Å²) in [6, 6.07) is 27.0. The Labute approximate surface area is 292 Å². The number of anilines is 1. The molecule has 0 fully saturated rings. The molecule has 0 aliphatic rings. The first kappa shape index (κ1) is 36.5. The third-order valence-electron chi connectivity index (χ3n) is 8.08. The molecule has 9 nitrogen and oxygen atoms in total. The number of nitrogens with one attached hydrogen (secondary N) is 1. The lowest BCUT2D eigenvalue weighted by Crippen LogP contribution is -2.54. The van der Waals surface area contributed by atoms with Gasteiger partial charge in [0.2, 0.25) is 11.8 Å². The Morgan fingerprint density at radius 3 is 2.10 bits per heavy atom. The molecule has 0 aliphatic carbocycles. The number of ether oxygens (including phenoxy) is 2. The van der Waals surface area contributed by atoms with Crippen molar-refractivity contribution in [2.45, 2.75) is 57.1 Å². The van der Waals surface area contributed by atoms with E-state index in [0.29, 0.717) is 17.9 Å². The lowest BCUT2D eigenvalue weighted by Gasteiger charge is -2.34. The third-order valence-corrected chi connectivity index (χ3v) is 10.4. The van der Waals surface area contributed by atoms with Crippen LogP contribution in [-0.2, 0) is 32.6 Å². The molecule has 2 amide bonds. The Hall–Kier alpha value is -4.35. The monoisotopic (exact) mass is 735 g/mol. The molecule has 0 radical (unpaired) electrons. The van der Waals surface area contributed by atoms with Crippen LogP contribution in [0.5, 0.6) is 11.5 Å². The number of nitrogens with zero attached hydrogens (tertiary/aromatic N) is 2. The van der Waals surface area contributed by atoms with Gasteiger partial charge in [-0.1, -0.05) is 83.0 Å². The minimum atomic E-state index is -4.27. The number of hydrogen-bond donors (Lipinski definition) is 1. The van der Waals surface area contributed by atoms with Crippen molar-refractivity contribution in [2.75, 3.05) is 25.1 Å². The predicted octanol–water partition coefficient (Wildman–Crippen LogP) is 6.52. The molecule has 4 rings (SSSR count). The van der Waals surface area contributed by atoms with Crippen molar-refractivity contribution < 1.29 is 27.5 Å². The summed E-state index contributed by atoms with van der Waals surface area (Å²) in [5.41, 5.74) is 2.73. The number of rotatable bonds is 15. The van der Waals surface area contributed by atoms with E-state index in [4.69, 9.17) is 9.47 Å². The maximum absolute atomic E-state index is 14.7. The van der Waals surface area contributed by atoms with Crippen molar-refractivity contribution >= 4 is 43.5 Å². The molecule has 0 aliphatic heterocycles. The number of carbonyl (C=O) groups excluding carboxylic acids is 2. The smallest absolute Gasteiger partial charge is 0.264 e. The molecule has 0 saturated carbocycles. The quantitative estimate of drug-likeness (QED) is 0.149. The van der Waals surface area contributed by atoms with Gasteiger partial charge in [0.05, 0.1) is 24.8 Å². The highest BCUT2D eigenvalue weighted by Crippen LogP contribution is 2.34. The van der Waals surface area contributed by atoms with Crippen LogP contribution in [0.4, 0.5) is 5.69 Å². The molecule has 4 aromatic carbocycles. The molecule has 2 atom stereocenters. The second kappa shape index (κ2) is 16.7. The molecular formula is C37H42BrN3O6S. The number of aryl methyl sites for hydroxylation is 1. The summed E-state index contributed by atoms with van der Waals surface area (Å²) in [7, 11) is -1.33. The summed E-state index contributed by atoms with van der Waals surface area (Å²) in [5, 5.41) is 3.05. The van der Waals surface area contributed by atoms with Gasteiger partial charge in [0.25, 0.3) is 10.0 Å². The van der Waals surface area contributed by atoms with Crippen molar-refractivity contribution in [3.8, 4) is 11.5 Å². The topological polar surface area (TPSA) is 105 Å². The van der Waals surface area contributed by atoms with Crippen LogP contribution in [0.2, 0.25) is 0 Å². The fourth-order valence-corrected chi connectivity index (χ4v) is 6.80. The fraction of sp³-hybridized carbons (Fsp3) is 0.297. The third kappa shape index (κ3) is 9.17. The van der Waals surface area contributed by atoms with Crippen LogP contribution >= 0.6 is 15.9 Å². The molecule has 1 N–H and O–H groups in total. The minimum Gasteiger partial charge on any atom is -0.493 e. The molecule has 0 bridgehead atoms. The van der Waals surface area contributed by atoms with E-state index in [-0.39, 0.29) is 35.5 Å². The van der Waals surface area contributed by atoms with Gasteiger partial charge in [0.1, 0.15) is 12.6 Å². The molecule has 0 saturated heterocycles. The molecular weight excluding hydrogens is 694 g/mol. The van der Waals surface area contributed by atoms with Crippen LogP contribution in [-0.4, -0.2) is 58.0 Å². The first-order chi connectivity index (χ1) is 23.0. The van der Waals surface area contributed by atoms with Gasteiger partial charge in [-0.2, -0.15) is 0 Å². The van der Waals surface area contributed by atoms with Crippen molar-refractivity contribution in [3.63, 3.8) is 0 Å². The average Bonchev–Trinajstić information content (AvgIpc) is 3.09. The first-order valence-corrected chi connectivity index (χ1v) is 17.9. The Morgan fingerprint density at radius 1 is 0.854 bits per heavy atom. The van der Waals surface area contributed by atoms with Crippen LogP contribution < -0.4 is 19.1 Å². The summed E-state index contributed by atoms with van der Waals surface area (Å²) in [6.45, 7) is 5.24. The maximum Gasteiger partial charge on any atom is 0.264 e. The zero-order chi connectivity index (χ0) is 34.8. The van der Waals surface area contributed by atoms with Crippen LogP contribution in [0.15, 0.2) is 106 Å². The van der Waals surface area contributed by atoms with E-state index < -0.39 is 28.5 Å². The fourth-order valence-electron chi connectivity index (χ4n) is 5.13. The largest absolute Gasteiger partial charge is 0.493 e. The number of hydrogen-bond acceptors (Lipinski definition) is 6. The molecule has 4 aromatic rings. The van der Waals surface area contributed by atoms with Crippen molar-refractivity contribution in [3.05, 3.63) is 118 Å². The number of halogens is 1. The van der Waals surface area contributed by atoms with Gasteiger partial charge in [0.15, 0.2) is 11.5 Å². The summed E-state index contributed by atoms with van der Waals surface area (Å²) in [4.78, 5) is 30.2. The highest BCUT2D eigenvalue weighted by molar-refractivity contribution is 9.10. The van der Waals surface area contributed by atoms with Crippen molar-refractivity contribution in [2.24, 2.45) is 0 Å². The standard InChI is InChI=1S/C37H42BrN3O6S/c1-6-27(3)39-37(43)33(22-28-10-8-7-9-11-28)40(24-29-14-16-30(38)17-15-29)36(42)25-41(31-18-21-34(46-4)35(23-31)47-5)48(44,45)32-19-12-26(2)13-20-32/h7-21,23,27,33H,6,22,24-25H2,1-5H3,(H,39,43)/t27-,33+/m0/s1. The van der Waals surface area contributed by atoms with Crippen LogP contribution in [0, 0.1) is 6.92 Å². The van der Waals surface area contributed by atoms with Gasteiger partial charge in [-0.15, -0.1) is 0 Å². The summed E-state index contributed by atoms with van der Waals surface area (Å²) >= 11 is 3.46. The van der Waals surface area contributed by atoms with Gasteiger partial charge in [-0.25, -0.2) is 8.42 Å². The van der Waals surface area contributed by atoms with Gasteiger partial charge in [-0.3, -0.25) is 13.9 Å². The highest BCUT2D eigenvalue weighted by Gasteiger charge is 2.35. The Balaban J connectivity index is 1.84. The lowest BCUT2D eigenvalue weighted by atomic mass is 10.0. The molecule has 0 aromatic heterocycles. The maximum atomic E-state index is 14.7. The number of benzene rings is 4. The second-order valence-electron chi connectivity index (χ2n) is 11.5. The summed E-state index contributed by atoms with van der Waals surface area (Å²) < 4.78 is 41.5. The van der Waals surface area contributed by atoms with Crippen LogP contribution in [0.3, 0.4) is 0 Å². The van der Waals surface area contributed by atoms with E-state index in [1.54, 1.807) is 24.3 Å². The Morgan fingerprint density at radius 2 is 1.50 bits per heavy atom. The van der Waals surface area contributed by atoms with Crippen LogP contribution in [0.1, 0.15) is 37.0 Å². The van der Waals surface area contributed by atoms with E-state index in [0.717, 1.165) is 25.5 Å². The number of carbonyl (C=O) groups is 2. The first-order valence-electron chi connectivity index (χ1n) is 15.7. The van der Waals surface area contributed by atoms with E-state index >= 15 is 0 Å². The van der Waals surface area contributed by atoms with E-state index in [1.165, 1.54) is 37.3 Å². The highest BCUT2D eigenvalue weighted by atomic mass is 79.9. The molecule has 254 valence electrons. The predicted molar refractivity (Wildman–Crippen MR) is 192 cm³/mol. The van der Waals surface area contributed by atoms with E-state index in [2.05, 4.69) is 21.2 Å². The number of methoxy groups -OCH3 is 2. The van der Waals surface area contributed by atoms with Gasteiger partial charge < -0.3 is 19.7 Å². The Kier molecular flexibility index (Phi) is 12.7. The van der Waals surface area contributed by atoms with Crippen molar-refractivity contribution in [1.29, 1.82) is 0 Å². The SMILES string of the molecule is CC[C@H](C)NC(=O)[C@@H](Cc1ccccc1)N(Cc1ccc(Br)cc1)C(=O)CN(c1ccc(OC)c(OC)c1)S(=O)(=O)c1ccc(C)cc1. The second-order valence-corrected chi connectivity index (χ2v) is 14.3. The molecule has 48 heavy (non-hydrogen) atoms. The Bertz CT molecular complexity index is 1780. The lowest BCUT2D eigenvalue weighted by molar-refractivity contribution is -0.140. The summed E-state index contributed by atoms with van der Waals surface area (Å²) in [6.07, 6.45) is 0.929. The average molecular weight is 737 g/mol. The minimum absolute atomic E-state index is 0.0190. The van der Waals surface area contributed by atoms with Gasteiger partial charge >= 0.3 is 0 Å². The molecule has 0 spiro atoms. The van der Waals surface area contributed by atoms with Crippen LogP contribution in [0.25, 0.3) is 0 Å². The molecule has 0 heterocycles. The number of amides is 2. The zero-order valence-electron chi connectivity index (χ0n) is 27.9. The van der Waals surface area contributed by atoms with E-state index in [9.17, 15) is 18.0 Å². The molecule has 0 unspecified atom stereocenters. The normalized spacial score (nSPS) is 12.5. The van der Waals surface area contributed by atoms with Gasteiger partial charge in [0, 0.05) is 29.5 Å². The van der Waals surface area contributed by atoms with Gasteiger partial charge in [-0.05, 0) is 67.8 Å². The van der Waals surface area contributed by atoms with Crippen molar-refractivity contribution in [1.82, 2.24) is 10.2 Å². The molecule has 11 heteroatoms. The van der Waals surface area contributed by atoms with E-state index in [1.807, 2.05) is 75.4 Å². The zero-order valence-corrected chi connectivity index (χ0v) is 30.3. The summed E-state index contributed by atoms with van der Waals surface area (Å²) in [5.74, 6) is -0.170.